The number of aromatic nitrogens is 3. The molecule has 0 atom stereocenters. The highest BCUT2D eigenvalue weighted by Crippen LogP contribution is 2.24. The van der Waals surface area contributed by atoms with Crippen LogP contribution in [0.1, 0.15) is 44.9 Å². The predicted molar refractivity (Wildman–Crippen MR) is 126 cm³/mol. The summed E-state index contributed by atoms with van der Waals surface area (Å²) in [6.07, 6.45) is 8.88. The van der Waals surface area contributed by atoms with Gasteiger partial charge in [-0.15, -0.1) is 16.8 Å². The molecule has 0 aliphatic rings. The third-order valence-electron chi connectivity index (χ3n) is 5.01. The molecule has 1 heterocycles. The number of carbonyl (C=O) groups is 1. The quantitative estimate of drug-likeness (QED) is 0.226. The van der Waals surface area contributed by atoms with Crippen molar-refractivity contribution in [2.24, 2.45) is 0 Å². The fourth-order valence-electron chi connectivity index (χ4n) is 3.46. The molecule has 3 aromatic rings. The molecule has 0 fully saturated rings. The third-order valence-corrected chi connectivity index (χ3v) is 5.97. The van der Waals surface area contributed by atoms with Gasteiger partial charge >= 0.3 is 0 Å². The van der Waals surface area contributed by atoms with Crippen LogP contribution in [-0.4, -0.2) is 26.4 Å². The number of hydrogen-bond acceptors (Lipinski definition) is 4. The van der Waals surface area contributed by atoms with Crippen molar-refractivity contribution >= 4 is 34.1 Å². The van der Waals surface area contributed by atoms with E-state index in [0.717, 1.165) is 40.3 Å². The molecular formula is C24H30N4OS. The Hall–Kier alpha value is -2.60. The number of amides is 1. The van der Waals surface area contributed by atoms with Crippen molar-refractivity contribution in [3.05, 3.63) is 60.9 Å². The van der Waals surface area contributed by atoms with E-state index in [-0.39, 0.29) is 11.7 Å². The van der Waals surface area contributed by atoms with E-state index in [4.69, 9.17) is 0 Å². The summed E-state index contributed by atoms with van der Waals surface area (Å²) in [6, 6.07) is 14.0. The Morgan fingerprint density at radius 1 is 1.10 bits per heavy atom. The Bertz CT molecular complexity index is 977. The Morgan fingerprint density at radius 3 is 2.73 bits per heavy atom. The van der Waals surface area contributed by atoms with E-state index in [0.29, 0.717) is 6.54 Å². The fourth-order valence-corrected chi connectivity index (χ4v) is 4.23. The van der Waals surface area contributed by atoms with Crippen LogP contribution in [0.4, 0.5) is 5.69 Å². The SMILES string of the molecule is C=CCn1c(CCCCCCC)nnc1SCC(=O)Nc1cccc2ccccc12. The lowest BCUT2D eigenvalue weighted by molar-refractivity contribution is -0.113. The second kappa shape index (κ2) is 11.6. The largest absolute Gasteiger partial charge is 0.325 e. The Morgan fingerprint density at radius 2 is 1.90 bits per heavy atom. The van der Waals surface area contributed by atoms with Crippen molar-refractivity contribution in [2.75, 3.05) is 11.1 Å². The number of anilines is 1. The minimum absolute atomic E-state index is 0.0504. The van der Waals surface area contributed by atoms with Crippen LogP contribution in [0, 0.1) is 0 Å². The number of aryl methyl sites for hydroxylation is 1. The normalized spacial score (nSPS) is 11.0. The van der Waals surface area contributed by atoms with Crippen LogP contribution in [-0.2, 0) is 17.8 Å². The molecule has 158 valence electrons. The molecule has 0 bridgehead atoms. The highest BCUT2D eigenvalue weighted by Gasteiger charge is 2.14. The van der Waals surface area contributed by atoms with Crippen LogP contribution < -0.4 is 5.32 Å². The molecular weight excluding hydrogens is 392 g/mol. The number of nitrogens with one attached hydrogen (secondary N) is 1. The second-order valence-electron chi connectivity index (χ2n) is 7.33. The average molecular weight is 423 g/mol. The Balaban J connectivity index is 1.59. The maximum absolute atomic E-state index is 12.6. The van der Waals surface area contributed by atoms with E-state index >= 15 is 0 Å². The van der Waals surface area contributed by atoms with Gasteiger partial charge in [-0.3, -0.25) is 4.79 Å². The molecule has 0 spiro atoms. The lowest BCUT2D eigenvalue weighted by atomic mass is 10.1. The van der Waals surface area contributed by atoms with Gasteiger partial charge in [0.25, 0.3) is 0 Å². The number of fused-ring (bicyclic) bond motifs is 1. The van der Waals surface area contributed by atoms with Gasteiger partial charge in [0.05, 0.1) is 5.75 Å². The van der Waals surface area contributed by atoms with Gasteiger partial charge in [0.2, 0.25) is 5.91 Å². The smallest absolute Gasteiger partial charge is 0.234 e. The Kier molecular flexibility index (Phi) is 8.51. The standard InChI is InChI=1S/C24H30N4OS/c1-3-5-6-7-8-16-22-26-27-24(28(22)17-4-2)30-18-23(29)25-21-15-11-13-19-12-9-10-14-20(19)21/h4,9-15H,2-3,5-8,16-18H2,1H3,(H,25,29). The van der Waals surface area contributed by atoms with E-state index < -0.39 is 0 Å². The molecule has 1 aromatic heterocycles. The monoisotopic (exact) mass is 422 g/mol. The second-order valence-corrected chi connectivity index (χ2v) is 8.27. The van der Waals surface area contributed by atoms with Crippen molar-refractivity contribution in [1.82, 2.24) is 14.8 Å². The maximum Gasteiger partial charge on any atom is 0.234 e. The minimum atomic E-state index is -0.0504. The van der Waals surface area contributed by atoms with Crippen LogP contribution >= 0.6 is 11.8 Å². The van der Waals surface area contributed by atoms with Crippen molar-refractivity contribution in [1.29, 1.82) is 0 Å². The van der Waals surface area contributed by atoms with Gasteiger partial charge in [-0.2, -0.15) is 0 Å². The first-order valence-corrected chi connectivity index (χ1v) is 11.6. The van der Waals surface area contributed by atoms with Crippen LogP contribution in [0.5, 0.6) is 0 Å². The zero-order valence-corrected chi connectivity index (χ0v) is 18.5. The zero-order chi connectivity index (χ0) is 21.2. The molecule has 0 saturated heterocycles. The summed E-state index contributed by atoms with van der Waals surface area (Å²) in [4.78, 5) is 12.6. The van der Waals surface area contributed by atoms with Crippen LogP contribution in [0.25, 0.3) is 10.8 Å². The first kappa shape index (κ1) is 22.1. The summed E-state index contributed by atoms with van der Waals surface area (Å²) in [7, 11) is 0. The molecule has 5 nitrogen and oxygen atoms in total. The molecule has 0 aliphatic carbocycles. The van der Waals surface area contributed by atoms with E-state index in [1.165, 1.54) is 37.4 Å². The topological polar surface area (TPSA) is 59.8 Å². The number of carbonyl (C=O) groups excluding carboxylic acids is 1. The van der Waals surface area contributed by atoms with Gasteiger partial charge in [-0.25, -0.2) is 0 Å². The maximum atomic E-state index is 12.6. The summed E-state index contributed by atoms with van der Waals surface area (Å²) in [5, 5.41) is 14.6. The van der Waals surface area contributed by atoms with Gasteiger partial charge < -0.3 is 9.88 Å². The molecule has 0 saturated carbocycles. The summed E-state index contributed by atoms with van der Waals surface area (Å²) < 4.78 is 2.07. The number of hydrogen-bond donors (Lipinski definition) is 1. The number of allylic oxidation sites excluding steroid dienone is 1. The minimum Gasteiger partial charge on any atom is -0.325 e. The highest BCUT2D eigenvalue weighted by molar-refractivity contribution is 7.99. The fraction of sp³-hybridized carbons (Fsp3) is 0.375. The molecule has 2 aromatic carbocycles. The van der Waals surface area contributed by atoms with Crippen LogP contribution in [0.2, 0.25) is 0 Å². The molecule has 1 N–H and O–H groups in total. The van der Waals surface area contributed by atoms with E-state index in [2.05, 4.69) is 33.6 Å². The molecule has 0 unspecified atom stereocenters. The molecule has 30 heavy (non-hydrogen) atoms. The molecule has 3 rings (SSSR count). The first-order valence-electron chi connectivity index (χ1n) is 10.7. The molecule has 6 heteroatoms. The zero-order valence-electron chi connectivity index (χ0n) is 17.6. The number of thioether (sulfide) groups is 1. The predicted octanol–water partition coefficient (Wildman–Crippen LogP) is 5.86. The molecule has 0 radical (unpaired) electrons. The van der Waals surface area contributed by atoms with E-state index in [1.807, 2.05) is 48.5 Å². The first-order chi connectivity index (χ1) is 14.7. The highest BCUT2D eigenvalue weighted by atomic mass is 32.2. The van der Waals surface area contributed by atoms with E-state index in [9.17, 15) is 4.79 Å². The third kappa shape index (κ3) is 5.95. The molecule has 0 aliphatic heterocycles. The number of nitrogens with zero attached hydrogens (tertiary/aromatic N) is 3. The van der Waals surface area contributed by atoms with Crippen LogP contribution in [0.3, 0.4) is 0 Å². The van der Waals surface area contributed by atoms with Crippen molar-refractivity contribution in [2.45, 2.75) is 57.1 Å². The van der Waals surface area contributed by atoms with Gasteiger partial charge in [0.1, 0.15) is 5.82 Å². The summed E-state index contributed by atoms with van der Waals surface area (Å²) in [6.45, 7) is 6.73. The van der Waals surface area contributed by atoms with Gasteiger partial charge in [-0.1, -0.05) is 86.8 Å². The Labute approximate surface area is 183 Å². The lowest BCUT2D eigenvalue weighted by Crippen LogP contribution is -2.15. The van der Waals surface area contributed by atoms with Crippen LogP contribution in [0.15, 0.2) is 60.3 Å². The van der Waals surface area contributed by atoms with Gasteiger partial charge in [-0.05, 0) is 17.9 Å². The van der Waals surface area contributed by atoms with Gasteiger partial charge in [0.15, 0.2) is 5.16 Å². The van der Waals surface area contributed by atoms with Crippen molar-refractivity contribution < 1.29 is 4.79 Å². The number of unbranched alkanes of at least 4 members (excludes halogenated alkanes) is 4. The number of benzene rings is 2. The molecule has 1 amide bonds. The lowest BCUT2D eigenvalue weighted by Gasteiger charge is -2.10. The number of rotatable bonds is 12. The van der Waals surface area contributed by atoms with Crippen molar-refractivity contribution in [3.63, 3.8) is 0 Å². The van der Waals surface area contributed by atoms with Gasteiger partial charge in [0, 0.05) is 24.0 Å². The van der Waals surface area contributed by atoms with E-state index in [1.54, 1.807) is 0 Å². The summed E-state index contributed by atoms with van der Waals surface area (Å²) in [5.41, 5.74) is 0.832. The average Bonchev–Trinajstić information content (AvgIpc) is 3.14. The summed E-state index contributed by atoms with van der Waals surface area (Å²) in [5.74, 6) is 1.21. The van der Waals surface area contributed by atoms with Crippen molar-refractivity contribution in [3.8, 4) is 0 Å². The summed E-state index contributed by atoms with van der Waals surface area (Å²) >= 11 is 1.42.